The van der Waals surface area contributed by atoms with Gasteiger partial charge in [0.05, 0.1) is 5.52 Å². The maximum absolute atomic E-state index is 7.29. The second-order valence-corrected chi connectivity index (χ2v) is 4.46. The van der Waals surface area contributed by atoms with E-state index in [0.717, 1.165) is 21.2 Å². The van der Waals surface area contributed by atoms with Crippen LogP contribution in [-0.4, -0.2) is 15.7 Å². The molecule has 0 amide bonds. The number of nitrogens with one attached hydrogen (secondary N) is 2. The molecule has 0 spiro atoms. The number of benzene rings is 1. The molecule has 0 saturated carbocycles. The molecule has 2 N–H and O–H groups in total. The first-order valence-corrected chi connectivity index (χ1v) is 5.84. The van der Waals surface area contributed by atoms with E-state index in [1.807, 2.05) is 18.2 Å². The Morgan fingerprint density at radius 2 is 2.24 bits per heavy atom. The van der Waals surface area contributed by atoms with Crippen molar-refractivity contribution in [1.29, 1.82) is 5.41 Å². The monoisotopic (exact) mass is 290 g/mol. The Bertz CT molecular complexity index is 592. The average Bonchev–Trinajstić information content (AvgIpc) is 2.29. The van der Waals surface area contributed by atoms with Gasteiger partial charge in [-0.25, -0.2) is 9.97 Å². The van der Waals surface area contributed by atoms with Crippen LogP contribution in [0.25, 0.3) is 10.9 Å². The van der Waals surface area contributed by atoms with Crippen molar-refractivity contribution in [2.24, 2.45) is 0 Å². The largest absolute Gasteiger partial charge is 0.346 e. The first-order chi connectivity index (χ1) is 8.16. The fraction of sp³-hybridized carbons (Fsp3) is 0.0833. The van der Waals surface area contributed by atoms with Crippen LogP contribution in [0, 0.1) is 5.41 Å². The van der Waals surface area contributed by atoms with Gasteiger partial charge in [-0.15, -0.1) is 0 Å². The molecule has 1 heterocycles. The van der Waals surface area contributed by atoms with E-state index in [-0.39, 0.29) is 0 Å². The topological polar surface area (TPSA) is 61.7 Å². The van der Waals surface area contributed by atoms with Crippen LogP contribution in [0.1, 0.15) is 6.92 Å². The highest BCUT2D eigenvalue weighted by atomic mass is 79.9. The molecule has 1 aromatic heterocycles. The molecular formula is C12H11BrN4. The molecule has 1 aromatic carbocycles. The number of fused-ring (bicyclic) bond motifs is 1. The first-order valence-electron chi connectivity index (χ1n) is 5.05. The standard InChI is InChI=1S/C12H11BrN4/c1-8(14)4-5-15-12-10-6-9(13)2-3-11(10)16-7-17-12/h2-7,14H,1H3,(H,15,16,17)/b5-4-,14-8?. The molecule has 86 valence electrons. The van der Waals surface area contributed by atoms with Crippen LogP contribution in [0.5, 0.6) is 0 Å². The normalized spacial score (nSPS) is 10.9. The Kier molecular flexibility index (Phi) is 3.49. The maximum Gasteiger partial charge on any atom is 0.141 e. The summed E-state index contributed by atoms with van der Waals surface area (Å²) in [5.41, 5.74) is 1.36. The first kappa shape index (κ1) is 11.7. The third kappa shape index (κ3) is 2.88. The second-order valence-electron chi connectivity index (χ2n) is 3.54. The van der Waals surface area contributed by atoms with Gasteiger partial charge in [0.15, 0.2) is 0 Å². The molecule has 5 heteroatoms. The van der Waals surface area contributed by atoms with Crippen LogP contribution in [-0.2, 0) is 0 Å². The number of allylic oxidation sites excluding steroid dienone is 1. The molecule has 0 radical (unpaired) electrons. The minimum absolute atomic E-state index is 0.483. The lowest BCUT2D eigenvalue weighted by Gasteiger charge is -2.04. The number of halogens is 1. The van der Waals surface area contributed by atoms with E-state index >= 15 is 0 Å². The van der Waals surface area contributed by atoms with Crippen LogP contribution >= 0.6 is 15.9 Å². The zero-order valence-electron chi connectivity index (χ0n) is 9.24. The van der Waals surface area contributed by atoms with Crippen LogP contribution < -0.4 is 5.32 Å². The van der Waals surface area contributed by atoms with Crippen molar-refractivity contribution in [1.82, 2.24) is 9.97 Å². The molecule has 0 atom stereocenters. The van der Waals surface area contributed by atoms with Gasteiger partial charge in [0, 0.05) is 21.8 Å². The highest BCUT2D eigenvalue weighted by molar-refractivity contribution is 9.10. The predicted octanol–water partition coefficient (Wildman–Crippen LogP) is 3.36. The SMILES string of the molecule is CC(=N)/C=C\Nc1ncnc2ccc(Br)cc12. The molecule has 0 fully saturated rings. The Hall–Kier alpha value is -1.75. The molecule has 17 heavy (non-hydrogen) atoms. The van der Waals surface area contributed by atoms with Crippen LogP contribution in [0.4, 0.5) is 5.82 Å². The van der Waals surface area contributed by atoms with Crippen molar-refractivity contribution >= 4 is 38.4 Å². The summed E-state index contributed by atoms with van der Waals surface area (Å²) in [7, 11) is 0. The van der Waals surface area contributed by atoms with E-state index < -0.39 is 0 Å². The van der Waals surface area contributed by atoms with Gasteiger partial charge in [0.2, 0.25) is 0 Å². The summed E-state index contributed by atoms with van der Waals surface area (Å²) < 4.78 is 0.982. The zero-order chi connectivity index (χ0) is 12.3. The summed E-state index contributed by atoms with van der Waals surface area (Å²) in [6.45, 7) is 1.72. The molecule has 0 bridgehead atoms. The summed E-state index contributed by atoms with van der Waals surface area (Å²) in [6.07, 6.45) is 4.89. The number of hydrogen-bond acceptors (Lipinski definition) is 4. The summed E-state index contributed by atoms with van der Waals surface area (Å²) >= 11 is 3.42. The Labute approximate surface area is 107 Å². The average molecular weight is 291 g/mol. The molecule has 2 rings (SSSR count). The number of hydrogen-bond donors (Lipinski definition) is 2. The van der Waals surface area contributed by atoms with Gasteiger partial charge >= 0.3 is 0 Å². The lowest BCUT2D eigenvalue weighted by molar-refractivity contribution is 1.22. The molecule has 0 aliphatic carbocycles. The van der Waals surface area contributed by atoms with Gasteiger partial charge in [-0.2, -0.15) is 0 Å². The van der Waals surface area contributed by atoms with E-state index in [2.05, 4.69) is 31.2 Å². The van der Waals surface area contributed by atoms with E-state index in [4.69, 9.17) is 5.41 Å². The van der Waals surface area contributed by atoms with Gasteiger partial charge in [-0.1, -0.05) is 15.9 Å². The van der Waals surface area contributed by atoms with Crippen LogP contribution in [0.3, 0.4) is 0 Å². The fourth-order valence-corrected chi connectivity index (χ4v) is 1.75. The molecule has 4 nitrogen and oxygen atoms in total. The minimum Gasteiger partial charge on any atom is -0.346 e. The summed E-state index contributed by atoms with van der Waals surface area (Å²) in [4.78, 5) is 8.37. The highest BCUT2D eigenvalue weighted by Crippen LogP contribution is 2.23. The fourth-order valence-electron chi connectivity index (χ4n) is 1.39. The molecular weight excluding hydrogens is 280 g/mol. The van der Waals surface area contributed by atoms with E-state index in [1.165, 1.54) is 6.33 Å². The molecule has 0 unspecified atom stereocenters. The lowest BCUT2D eigenvalue weighted by Crippen LogP contribution is -1.95. The van der Waals surface area contributed by atoms with Crippen molar-refractivity contribution in [2.45, 2.75) is 6.92 Å². The van der Waals surface area contributed by atoms with Gasteiger partial charge in [-0.3, -0.25) is 0 Å². The quantitative estimate of drug-likeness (QED) is 0.852. The van der Waals surface area contributed by atoms with Gasteiger partial charge in [0.25, 0.3) is 0 Å². The molecule has 0 saturated heterocycles. The molecule has 2 aromatic rings. The smallest absolute Gasteiger partial charge is 0.141 e. The molecule has 0 aliphatic heterocycles. The van der Waals surface area contributed by atoms with Crippen molar-refractivity contribution in [2.75, 3.05) is 5.32 Å². The van der Waals surface area contributed by atoms with E-state index in [1.54, 1.807) is 19.2 Å². The Morgan fingerprint density at radius 1 is 1.41 bits per heavy atom. The molecule has 0 aliphatic rings. The minimum atomic E-state index is 0.483. The van der Waals surface area contributed by atoms with E-state index in [9.17, 15) is 0 Å². The third-order valence-electron chi connectivity index (χ3n) is 2.15. The number of nitrogens with zero attached hydrogens (tertiary/aromatic N) is 2. The van der Waals surface area contributed by atoms with Gasteiger partial charge in [0.1, 0.15) is 12.1 Å². The van der Waals surface area contributed by atoms with Crippen LogP contribution in [0.15, 0.2) is 41.3 Å². The second kappa shape index (κ2) is 5.05. The van der Waals surface area contributed by atoms with Crippen molar-refractivity contribution < 1.29 is 0 Å². The summed E-state index contributed by atoms with van der Waals surface area (Å²) in [5, 5.41) is 11.3. The van der Waals surface area contributed by atoms with Crippen molar-refractivity contribution in [3.05, 3.63) is 41.3 Å². The highest BCUT2D eigenvalue weighted by Gasteiger charge is 2.02. The van der Waals surface area contributed by atoms with Crippen LogP contribution in [0.2, 0.25) is 0 Å². The Balaban J connectivity index is 2.39. The number of aromatic nitrogens is 2. The number of anilines is 1. The van der Waals surface area contributed by atoms with Crippen molar-refractivity contribution in [3.63, 3.8) is 0 Å². The maximum atomic E-state index is 7.29. The van der Waals surface area contributed by atoms with Gasteiger partial charge < -0.3 is 10.7 Å². The van der Waals surface area contributed by atoms with Gasteiger partial charge in [-0.05, 0) is 31.2 Å². The summed E-state index contributed by atoms with van der Waals surface area (Å²) in [6, 6.07) is 5.83. The zero-order valence-corrected chi connectivity index (χ0v) is 10.8. The summed E-state index contributed by atoms with van der Waals surface area (Å²) in [5.74, 6) is 0.730. The third-order valence-corrected chi connectivity index (χ3v) is 2.64. The van der Waals surface area contributed by atoms with Crippen molar-refractivity contribution in [3.8, 4) is 0 Å². The van der Waals surface area contributed by atoms with E-state index in [0.29, 0.717) is 5.71 Å². The predicted molar refractivity (Wildman–Crippen MR) is 73.4 cm³/mol. The number of rotatable bonds is 3. The Morgan fingerprint density at radius 3 is 3.00 bits per heavy atom. The lowest BCUT2D eigenvalue weighted by atomic mass is 10.2.